The van der Waals surface area contributed by atoms with Crippen molar-refractivity contribution in [2.24, 2.45) is 0 Å². The van der Waals surface area contributed by atoms with Crippen LogP contribution in [0, 0.1) is 0 Å². The van der Waals surface area contributed by atoms with E-state index in [2.05, 4.69) is 45.3 Å². The van der Waals surface area contributed by atoms with E-state index in [1.807, 2.05) is 12.1 Å². The topological polar surface area (TPSA) is 34.1 Å². The molecule has 0 amide bonds. The van der Waals surface area contributed by atoms with Gasteiger partial charge in [0.15, 0.2) is 0 Å². The van der Waals surface area contributed by atoms with Crippen LogP contribution < -0.4 is 10.1 Å². The zero-order chi connectivity index (χ0) is 14.4. The molecule has 1 N–H and O–H groups in total. The van der Waals surface area contributed by atoms with Gasteiger partial charge in [0.05, 0.1) is 9.50 Å². The molecule has 2 aromatic rings. The zero-order valence-corrected chi connectivity index (χ0v) is 13.5. The van der Waals surface area contributed by atoms with Crippen LogP contribution in [-0.4, -0.2) is 11.5 Å². The fourth-order valence-corrected chi connectivity index (χ4v) is 2.43. The Morgan fingerprint density at radius 1 is 1.35 bits per heavy atom. The van der Waals surface area contributed by atoms with E-state index in [1.165, 1.54) is 5.56 Å². The number of rotatable bonds is 6. The Bertz CT molecular complexity index is 578. The summed E-state index contributed by atoms with van der Waals surface area (Å²) < 4.78 is 6.73. The lowest BCUT2D eigenvalue weighted by atomic mass is 10.2. The Balaban J connectivity index is 2.01. The highest BCUT2D eigenvalue weighted by atomic mass is 79.9. The second-order valence-electron chi connectivity index (χ2n) is 4.30. The molecule has 20 heavy (non-hydrogen) atoms. The first kappa shape index (κ1) is 15.3. The summed E-state index contributed by atoms with van der Waals surface area (Å²) in [5.41, 5.74) is 2.14. The number of pyridine rings is 1. The Labute approximate surface area is 132 Å². The first-order chi connectivity index (χ1) is 9.70. The maximum Gasteiger partial charge on any atom is 0.134 e. The van der Waals surface area contributed by atoms with Crippen LogP contribution in [0.4, 0.5) is 0 Å². The molecule has 0 saturated heterocycles. The standard InChI is InChI=1S/C15H16BrClN2O/c1-2-18-8-11-3-4-15(13(16)7-11)20-10-12-5-6-19-9-14(12)17/h3-7,9,18H,2,8,10H2,1H3. The molecule has 0 bridgehead atoms. The van der Waals surface area contributed by atoms with Crippen molar-refractivity contribution in [3.63, 3.8) is 0 Å². The van der Waals surface area contributed by atoms with Gasteiger partial charge in [0.1, 0.15) is 12.4 Å². The maximum atomic E-state index is 6.05. The van der Waals surface area contributed by atoms with E-state index < -0.39 is 0 Å². The molecule has 3 nitrogen and oxygen atoms in total. The molecule has 1 heterocycles. The average Bonchev–Trinajstić information content (AvgIpc) is 2.45. The minimum Gasteiger partial charge on any atom is -0.488 e. The van der Waals surface area contributed by atoms with E-state index in [0.717, 1.165) is 28.9 Å². The third kappa shape index (κ3) is 4.20. The van der Waals surface area contributed by atoms with Crippen molar-refractivity contribution in [2.75, 3.05) is 6.54 Å². The van der Waals surface area contributed by atoms with E-state index in [9.17, 15) is 0 Å². The number of nitrogens with one attached hydrogen (secondary N) is 1. The summed E-state index contributed by atoms with van der Waals surface area (Å²) in [6, 6.07) is 7.94. The third-order valence-electron chi connectivity index (χ3n) is 2.82. The Hall–Kier alpha value is -1.10. The van der Waals surface area contributed by atoms with Gasteiger partial charge in [0.2, 0.25) is 0 Å². The number of halogens is 2. The molecule has 0 unspecified atom stereocenters. The molecule has 5 heteroatoms. The zero-order valence-electron chi connectivity index (χ0n) is 11.2. The molecule has 1 aromatic heterocycles. The first-order valence-electron chi connectivity index (χ1n) is 6.41. The van der Waals surface area contributed by atoms with Gasteiger partial charge in [0, 0.05) is 24.5 Å². The second-order valence-corrected chi connectivity index (χ2v) is 5.56. The molecular weight excluding hydrogens is 340 g/mol. The van der Waals surface area contributed by atoms with Gasteiger partial charge in [-0.1, -0.05) is 24.6 Å². The lowest BCUT2D eigenvalue weighted by Gasteiger charge is -2.11. The quantitative estimate of drug-likeness (QED) is 0.844. The molecule has 1 aromatic carbocycles. The highest BCUT2D eigenvalue weighted by Gasteiger charge is 2.05. The molecule has 0 spiro atoms. The summed E-state index contributed by atoms with van der Waals surface area (Å²) in [6.07, 6.45) is 3.33. The van der Waals surface area contributed by atoms with Crippen LogP contribution in [0.2, 0.25) is 5.02 Å². The van der Waals surface area contributed by atoms with Gasteiger partial charge in [-0.05, 0) is 46.2 Å². The van der Waals surface area contributed by atoms with E-state index in [1.54, 1.807) is 12.4 Å². The summed E-state index contributed by atoms with van der Waals surface area (Å²) in [5, 5.41) is 3.91. The number of hydrogen-bond acceptors (Lipinski definition) is 3. The maximum absolute atomic E-state index is 6.05. The van der Waals surface area contributed by atoms with Gasteiger partial charge in [-0.25, -0.2) is 0 Å². The Kier molecular flexibility index (Phi) is 5.83. The van der Waals surface area contributed by atoms with Crippen LogP contribution in [0.3, 0.4) is 0 Å². The van der Waals surface area contributed by atoms with Crippen LogP contribution >= 0.6 is 27.5 Å². The molecule has 2 rings (SSSR count). The van der Waals surface area contributed by atoms with Crippen molar-refractivity contribution < 1.29 is 4.74 Å². The minimum atomic E-state index is 0.423. The first-order valence-corrected chi connectivity index (χ1v) is 7.58. The summed E-state index contributed by atoms with van der Waals surface area (Å²) in [7, 11) is 0. The molecule has 106 valence electrons. The highest BCUT2D eigenvalue weighted by Crippen LogP contribution is 2.27. The number of nitrogens with zero attached hydrogens (tertiary/aromatic N) is 1. The number of aromatic nitrogens is 1. The predicted molar refractivity (Wildman–Crippen MR) is 85.1 cm³/mol. The third-order valence-corrected chi connectivity index (χ3v) is 3.78. The Morgan fingerprint density at radius 3 is 2.90 bits per heavy atom. The van der Waals surface area contributed by atoms with Crippen LogP contribution in [-0.2, 0) is 13.2 Å². The monoisotopic (exact) mass is 354 g/mol. The highest BCUT2D eigenvalue weighted by molar-refractivity contribution is 9.10. The molecule has 0 atom stereocenters. The summed E-state index contributed by atoms with van der Waals surface area (Å²) >= 11 is 9.58. The van der Waals surface area contributed by atoms with Gasteiger partial charge < -0.3 is 10.1 Å². The van der Waals surface area contributed by atoms with Crippen LogP contribution in [0.1, 0.15) is 18.1 Å². The van der Waals surface area contributed by atoms with Gasteiger partial charge in [-0.2, -0.15) is 0 Å². The fourth-order valence-electron chi connectivity index (χ4n) is 1.72. The van der Waals surface area contributed by atoms with E-state index in [0.29, 0.717) is 11.6 Å². The number of hydrogen-bond donors (Lipinski definition) is 1. The van der Waals surface area contributed by atoms with Crippen molar-refractivity contribution in [3.8, 4) is 5.75 Å². The van der Waals surface area contributed by atoms with Gasteiger partial charge in [-0.3, -0.25) is 4.98 Å². The van der Waals surface area contributed by atoms with Crippen molar-refractivity contribution in [1.29, 1.82) is 0 Å². The van der Waals surface area contributed by atoms with Crippen molar-refractivity contribution >= 4 is 27.5 Å². The largest absolute Gasteiger partial charge is 0.488 e. The molecule has 0 aliphatic carbocycles. The second kappa shape index (κ2) is 7.62. The Morgan fingerprint density at radius 2 is 2.20 bits per heavy atom. The molecule has 0 aliphatic heterocycles. The molecule has 0 saturated carbocycles. The van der Waals surface area contributed by atoms with E-state index in [4.69, 9.17) is 16.3 Å². The van der Waals surface area contributed by atoms with Crippen molar-refractivity contribution in [2.45, 2.75) is 20.1 Å². The van der Waals surface area contributed by atoms with Gasteiger partial charge >= 0.3 is 0 Å². The van der Waals surface area contributed by atoms with Gasteiger partial charge in [0.25, 0.3) is 0 Å². The fraction of sp³-hybridized carbons (Fsp3) is 0.267. The van der Waals surface area contributed by atoms with Crippen LogP contribution in [0.25, 0.3) is 0 Å². The van der Waals surface area contributed by atoms with Crippen molar-refractivity contribution in [3.05, 3.63) is 57.3 Å². The number of ether oxygens (including phenoxy) is 1. The van der Waals surface area contributed by atoms with E-state index in [-0.39, 0.29) is 0 Å². The average molecular weight is 356 g/mol. The SMILES string of the molecule is CCNCc1ccc(OCc2ccncc2Cl)c(Br)c1. The number of benzene rings is 1. The minimum absolute atomic E-state index is 0.423. The van der Waals surface area contributed by atoms with Gasteiger partial charge in [-0.15, -0.1) is 0 Å². The van der Waals surface area contributed by atoms with Crippen molar-refractivity contribution in [1.82, 2.24) is 10.3 Å². The summed E-state index contributed by atoms with van der Waals surface area (Å²) in [4.78, 5) is 3.95. The molecule has 0 radical (unpaired) electrons. The molecule has 0 fully saturated rings. The smallest absolute Gasteiger partial charge is 0.134 e. The predicted octanol–water partition coefficient (Wildman–Crippen LogP) is 4.19. The molecular formula is C15H16BrClN2O. The lowest BCUT2D eigenvalue weighted by Crippen LogP contribution is -2.11. The lowest BCUT2D eigenvalue weighted by molar-refractivity contribution is 0.304. The summed E-state index contributed by atoms with van der Waals surface area (Å²) in [5.74, 6) is 0.804. The van der Waals surface area contributed by atoms with Crippen LogP contribution in [0.5, 0.6) is 5.75 Å². The summed E-state index contributed by atoms with van der Waals surface area (Å²) in [6.45, 7) is 4.32. The normalized spacial score (nSPS) is 10.6. The molecule has 0 aliphatic rings. The van der Waals surface area contributed by atoms with Crippen LogP contribution in [0.15, 0.2) is 41.1 Å². The van der Waals surface area contributed by atoms with E-state index >= 15 is 0 Å².